The van der Waals surface area contributed by atoms with Gasteiger partial charge in [-0.3, -0.25) is 9.91 Å². The highest BCUT2D eigenvalue weighted by molar-refractivity contribution is 5.63. The van der Waals surface area contributed by atoms with Gasteiger partial charge in [0.2, 0.25) is 0 Å². The van der Waals surface area contributed by atoms with Gasteiger partial charge in [0.1, 0.15) is 0 Å². The lowest BCUT2D eigenvalue weighted by atomic mass is 9.99. The van der Waals surface area contributed by atoms with E-state index >= 15 is 0 Å². The maximum Gasteiger partial charge on any atom is 0.172 e. The Bertz CT molecular complexity index is 618. The number of hydrazone groups is 1. The van der Waals surface area contributed by atoms with Crippen molar-refractivity contribution in [2.45, 2.75) is 19.8 Å². The molecule has 26 heavy (non-hydrogen) atoms. The van der Waals surface area contributed by atoms with E-state index in [0.717, 1.165) is 69.9 Å². The topological polar surface area (TPSA) is 51.1 Å². The smallest absolute Gasteiger partial charge is 0.172 e. The van der Waals surface area contributed by atoms with E-state index < -0.39 is 0 Å². The van der Waals surface area contributed by atoms with Crippen molar-refractivity contribution in [2.75, 3.05) is 69.2 Å². The SMILES string of the molecule is CC1CCN(c2nccnc2N2CCN(CC3C=NN(C)C3)CC2)CC1. The summed E-state index contributed by atoms with van der Waals surface area (Å²) < 4.78 is 0. The van der Waals surface area contributed by atoms with Crippen LogP contribution >= 0.6 is 0 Å². The standard InChI is InChI=1S/C19H31N7/c1-16-3-7-25(8-4-16)18-19(21-6-5-20-18)26-11-9-24(10-12-26)15-17-13-22-23(2)14-17/h5-6,13,16-17H,3-4,7-12,14-15H2,1-2H3. The number of rotatable bonds is 4. The molecular formula is C19H31N7. The van der Waals surface area contributed by atoms with Crippen LogP contribution < -0.4 is 9.80 Å². The molecule has 0 aromatic carbocycles. The van der Waals surface area contributed by atoms with Crippen molar-refractivity contribution in [1.82, 2.24) is 19.9 Å². The number of nitrogens with zero attached hydrogens (tertiary/aromatic N) is 7. The molecule has 0 radical (unpaired) electrons. The fraction of sp³-hybridized carbons (Fsp3) is 0.737. The number of piperidine rings is 1. The van der Waals surface area contributed by atoms with E-state index in [0.29, 0.717) is 5.92 Å². The average molecular weight is 358 g/mol. The van der Waals surface area contributed by atoms with Crippen molar-refractivity contribution in [3.05, 3.63) is 12.4 Å². The number of piperazine rings is 1. The largest absolute Gasteiger partial charge is 0.354 e. The maximum atomic E-state index is 4.71. The molecule has 142 valence electrons. The molecule has 1 aromatic heterocycles. The lowest BCUT2D eigenvalue weighted by Gasteiger charge is -2.38. The molecule has 0 bridgehead atoms. The highest BCUT2D eigenvalue weighted by atomic mass is 15.5. The van der Waals surface area contributed by atoms with E-state index in [-0.39, 0.29) is 0 Å². The van der Waals surface area contributed by atoms with Crippen molar-refractivity contribution >= 4 is 17.9 Å². The van der Waals surface area contributed by atoms with Crippen LogP contribution in [-0.2, 0) is 0 Å². The molecule has 0 amide bonds. The number of hydrogen-bond acceptors (Lipinski definition) is 7. The highest BCUT2D eigenvalue weighted by Crippen LogP contribution is 2.29. The van der Waals surface area contributed by atoms with E-state index in [9.17, 15) is 0 Å². The lowest BCUT2D eigenvalue weighted by molar-refractivity contribution is 0.227. The average Bonchev–Trinajstić information content (AvgIpc) is 3.08. The zero-order chi connectivity index (χ0) is 17.9. The molecule has 7 nitrogen and oxygen atoms in total. The zero-order valence-electron chi connectivity index (χ0n) is 16.1. The Balaban J connectivity index is 1.36. The minimum Gasteiger partial charge on any atom is -0.354 e. The third-order valence-electron chi connectivity index (χ3n) is 5.88. The molecule has 1 unspecified atom stereocenters. The van der Waals surface area contributed by atoms with Crippen LogP contribution in [0, 0.1) is 11.8 Å². The van der Waals surface area contributed by atoms with Gasteiger partial charge in [0.15, 0.2) is 11.6 Å². The van der Waals surface area contributed by atoms with Crippen molar-refractivity contribution in [3.8, 4) is 0 Å². The first-order valence-electron chi connectivity index (χ1n) is 9.97. The van der Waals surface area contributed by atoms with E-state index in [2.05, 4.69) is 32.9 Å². The first-order chi connectivity index (χ1) is 12.7. The summed E-state index contributed by atoms with van der Waals surface area (Å²) in [7, 11) is 2.05. The number of aromatic nitrogens is 2. The first kappa shape index (κ1) is 17.5. The minimum absolute atomic E-state index is 0.564. The van der Waals surface area contributed by atoms with Crippen LogP contribution in [-0.4, -0.2) is 85.5 Å². The molecular weight excluding hydrogens is 326 g/mol. The highest BCUT2D eigenvalue weighted by Gasteiger charge is 2.26. The van der Waals surface area contributed by atoms with E-state index in [4.69, 9.17) is 9.97 Å². The van der Waals surface area contributed by atoms with Crippen LogP contribution in [0.5, 0.6) is 0 Å². The Labute approximate surface area is 156 Å². The third-order valence-corrected chi connectivity index (χ3v) is 5.88. The Morgan fingerprint density at radius 2 is 1.54 bits per heavy atom. The molecule has 2 fully saturated rings. The molecule has 0 N–H and O–H groups in total. The van der Waals surface area contributed by atoms with Crippen LogP contribution in [0.25, 0.3) is 0 Å². The molecule has 4 rings (SSSR count). The second-order valence-corrected chi connectivity index (χ2v) is 8.03. The van der Waals surface area contributed by atoms with Crippen LogP contribution in [0.15, 0.2) is 17.5 Å². The molecule has 7 heteroatoms. The molecule has 0 aliphatic carbocycles. The maximum absolute atomic E-state index is 4.71. The Kier molecular flexibility index (Phi) is 5.24. The molecule has 3 aliphatic rings. The molecule has 1 atom stereocenters. The summed E-state index contributed by atoms with van der Waals surface area (Å²) in [6.07, 6.45) is 8.28. The van der Waals surface area contributed by atoms with Gasteiger partial charge < -0.3 is 9.80 Å². The van der Waals surface area contributed by atoms with Gasteiger partial charge in [0.05, 0.1) is 0 Å². The summed E-state index contributed by atoms with van der Waals surface area (Å²) in [6, 6.07) is 0. The second-order valence-electron chi connectivity index (χ2n) is 8.03. The van der Waals surface area contributed by atoms with Gasteiger partial charge in [0.25, 0.3) is 0 Å². The fourth-order valence-electron chi connectivity index (χ4n) is 4.21. The van der Waals surface area contributed by atoms with Gasteiger partial charge in [-0.05, 0) is 18.8 Å². The van der Waals surface area contributed by atoms with Crippen molar-refractivity contribution < 1.29 is 0 Å². The van der Waals surface area contributed by atoms with Gasteiger partial charge in [-0.1, -0.05) is 6.92 Å². The van der Waals surface area contributed by atoms with Gasteiger partial charge in [-0.2, -0.15) is 5.10 Å². The van der Waals surface area contributed by atoms with E-state index in [1.54, 1.807) is 0 Å². The molecule has 4 heterocycles. The summed E-state index contributed by atoms with van der Waals surface area (Å²) in [5, 5.41) is 6.40. The van der Waals surface area contributed by atoms with Gasteiger partial charge in [-0.25, -0.2) is 9.97 Å². The van der Waals surface area contributed by atoms with Gasteiger partial charge >= 0.3 is 0 Å². The normalized spacial score (nSPS) is 25.3. The van der Waals surface area contributed by atoms with Crippen molar-refractivity contribution in [1.29, 1.82) is 0 Å². The summed E-state index contributed by atoms with van der Waals surface area (Å²) in [5.41, 5.74) is 0. The molecule has 3 aliphatic heterocycles. The lowest BCUT2D eigenvalue weighted by Crippen LogP contribution is -2.49. The zero-order valence-corrected chi connectivity index (χ0v) is 16.1. The predicted molar refractivity (Wildman–Crippen MR) is 106 cm³/mol. The van der Waals surface area contributed by atoms with Crippen LogP contribution in [0.2, 0.25) is 0 Å². The Hall–Kier alpha value is -1.89. The van der Waals surface area contributed by atoms with E-state index in [1.165, 1.54) is 12.8 Å². The van der Waals surface area contributed by atoms with Crippen molar-refractivity contribution in [2.24, 2.45) is 16.9 Å². The minimum atomic E-state index is 0.564. The van der Waals surface area contributed by atoms with Gasteiger partial charge in [-0.15, -0.1) is 0 Å². The Morgan fingerprint density at radius 3 is 2.12 bits per heavy atom. The van der Waals surface area contributed by atoms with Crippen LogP contribution in [0.1, 0.15) is 19.8 Å². The molecule has 2 saturated heterocycles. The van der Waals surface area contributed by atoms with Crippen LogP contribution in [0.3, 0.4) is 0 Å². The summed E-state index contributed by atoms with van der Waals surface area (Å²) in [4.78, 5) is 16.8. The molecule has 1 aromatic rings. The summed E-state index contributed by atoms with van der Waals surface area (Å²) >= 11 is 0. The fourth-order valence-corrected chi connectivity index (χ4v) is 4.21. The van der Waals surface area contributed by atoms with Crippen LogP contribution in [0.4, 0.5) is 11.6 Å². The Morgan fingerprint density at radius 1 is 0.923 bits per heavy atom. The van der Waals surface area contributed by atoms with Crippen molar-refractivity contribution in [3.63, 3.8) is 0 Å². The summed E-state index contributed by atoms with van der Waals surface area (Å²) in [5.74, 6) is 3.54. The molecule has 0 spiro atoms. The number of hydrogen-bond donors (Lipinski definition) is 0. The summed E-state index contributed by atoms with van der Waals surface area (Å²) in [6.45, 7) is 10.9. The van der Waals surface area contributed by atoms with E-state index in [1.807, 2.05) is 24.5 Å². The van der Waals surface area contributed by atoms with Gasteiger partial charge in [0, 0.05) is 83.9 Å². The first-order valence-corrected chi connectivity index (χ1v) is 9.97. The quantitative estimate of drug-likeness (QED) is 0.812. The molecule has 0 saturated carbocycles. The number of anilines is 2. The monoisotopic (exact) mass is 357 g/mol. The second kappa shape index (κ2) is 7.78. The third kappa shape index (κ3) is 3.92. The predicted octanol–water partition coefficient (Wildman–Crippen LogP) is 1.38.